The van der Waals surface area contributed by atoms with Gasteiger partial charge in [0.2, 0.25) is 11.9 Å². The summed E-state index contributed by atoms with van der Waals surface area (Å²) in [4.78, 5) is 49.2. The summed E-state index contributed by atoms with van der Waals surface area (Å²) in [5.41, 5.74) is 1.31. The van der Waals surface area contributed by atoms with Crippen LogP contribution in [0, 0.1) is 0 Å². The molecule has 1 amide bonds. The highest BCUT2D eigenvalue weighted by atomic mass is 16.2. The standard InChI is InChI=1S/C30H34N8O2/c1-4-25(39)35-14-16-36(17-15-35)28-26-27(32-30(33-28)37-18-22(19-37)34(5-2)6-3)29(40)38(20-31-26)24-13-9-11-21-10-7-8-12-23(21)24/h4,7-13,20,22H,1,5-6,14-19H2,2-3H3. The predicted molar refractivity (Wildman–Crippen MR) is 158 cm³/mol. The van der Waals surface area contributed by atoms with Crippen LogP contribution in [0.2, 0.25) is 0 Å². The first-order valence-electron chi connectivity index (χ1n) is 13.9. The molecule has 0 N–H and O–H groups in total. The van der Waals surface area contributed by atoms with Crippen LogP contribution >= 0.6 is 0 Å². The molecule has 2 aromatic heterocycles. The molecule has 206 valence electrons. The van der Waals surface area contributed by atoms with Gasteiger partial charge < -0.3 is 14.7 Å². The van der Waals surface area contributed by atoms with Crippen molar-refractivity contribution in [3.8, 4) is 5.69 Å². The molecule has 4 aromatic rings. The Labute approximate surface area is 233 Å². The fourth-order valence-corrected chi connectivity index (χ4v) is 5.79. The predicted octanol–water partition coefficient (Wildman–Crippen LogP) is 2.69. The molecule has 0 spiro atoms. The average Bonchev–Trinajstić information content (AvgIpc) is 2.98. The van der Waals surface area contributed by atoms with E-state index in [1.165, 1.54) is 6.08 Å². The molecule has 2 fully saturated rings. The number of anilines is 2. The quantitative estimate of drug-likeness (QED) is 0.332. The number of hydrogen-bond acceptors (Lipinski definition) is 8. The maximum Gasteiger partial charge on any atom is 0.284 e. The number of aromatic nitrogens is 4. The van der Waals surface area contributed by atoms with Crippen molar-refractivity contribution in [1.82, 2.24) is 29.3 Å². The van der Waals surface area contributed by atoms with E-state index in [4.69, 9.17) is 15.0 Å². The second-order valence-corrected chi connectivity index (χ2v) is 10.3. The third-order valence-corrected chi connectivity index (χ3v) is 8.14. The Balaban J connectivity index is 1.44. The molecule has 0 atom stereocenters. The van der Waals surface area contributed by atoms with Crippen molar-refractivity contribution in [3.63, 3.8) is 0 Å². The fourth-order valence-electron chi connectivity index (χ4n) is 5.79. The number of nitrogens with zero attached hydrogens (tertiary/aromatic N) is 8. The van der Waals surface area contributed by atoms with E-state index in [2.05, 4.69) is 35.1 Å². The van der Waals surface area contributed by atoms with E-state index in [1.807, 2.05) is 42.5 Å². The third kappa shape index (κ3) is 4.48. The van der Waals surface area contributed by atoms with E-state index in [0.717, 1.165) is 42.6 Å². The van der Waals surface area contributed by atoms with Gasteiger partial charge in [-0.25, -0.2) is 9.97 Å². The van der Waals surface area contributed by atoms with Gasteiger partial charge in [-0.1, -0.05) is 56.8 Å². The number of amides is 1. The van der Waals surface area contributed by atoms with Crippen molar-refractivity contribution < 1.29 is 4.79 Å². The van der Waals surface area contributed by atoms with Gasteiger partial charge in [-0.3, -0.25) is 19.1 Å². The highest BCUT2D eigenvalue weighted by Crippen LogP contribution is 2.29. The smallest absolute Gasteiger partial charge is 0.284 e. The summed E-state index contributed by atoms with van der Waals surface area (Å²) in [6.45, 7) is 13.8. The summed E-state index contributed by atoms with van der Waals surface area (Å²) in [7, 11) is 0. The monoisotopic (exact) mass is 538 g/mol. The first-order chi connectivity index (χ1) is 19.5. The normalized spacial score (nSPS) is 16.1. The molecular formula is C30H34N8O2. The minimum atomic E-state index is -0.229. The topological polar surface area (TPSA) is 90.7 Å². The highest BCUT2D eigenvalue weighted by Gasteiger charge is 2.34. The van der Waals surface area contributed by atoms with Gasteiger partial charge >= 0.3 is 0 Å². The van der Waals surface area contributed by atoms with Crippen molar-refractivity contribution in [2.75, 3.05) is 62.2 Å². The first-order valence-corrected chi connectivity index (χ1v) is 13.9. The third-order valence-electron chi connectivity index (χ3n) is 8.14. The Bertz CT molecular complexity index is 1630. The Morgan fingerprint density at radius 1 is 0.975 bits per heavy atom. The summed E-state index contributed by atoms with van der Waals surface area (Å²) in [5, 5.41) is 2.02. The minimum absolute atomic E-state index is 0.0768. The Morgan fingerprint density at radius 2 is 1.70 bits per heavy atom. The molecule has 0 radical (unpaired) electrons. The van der Waals surface area contributed by atoms with Gasteiger partial charge in [-0.15, -0.1) is 0 Å². The van der Waals surface area contributed by atoms with Gasteiger partial charge in [-0.2, -0.15) is 4.98 Å². The molecule has 0 saturated carbocycles. The van der Waals surface area contributed by atoms with E-state index in [1.54, 1.807) is 15.8 Å². The summed E-state index contributed by atoms with van der Waals surface area (Å²) < 4.78 is 1.58. The van der Waals surface area contributed by atoms with Gasteiger partial charge in [0.25, 0.3) is 5.56 Å². The van der Waals surface area contributed by atoms with Crippen molar-refractivity contribution in [2.24, 2.45) is 0 Å². The molecule has 2 aliphatic rings. The van der Waals surface area contributed by atoms with Crippen LogP contribution in [0.5, 0.6) is 0 Å². The number of fused-ring (bicyclic) bond motifs is 2. The number of likely N-dealkylation sites (N-methyl/N-ethyl adjacent to an activating group) is 1. The van der Waals surface area contributed by atoms with Crippen molar-refractivity contribution in [2.45, 2.75) is 19.9 Å². The molecule has 10 nitrogen and oxygen atoms in total. The molecule has 0 bridgehead atoms. The van der Waals surface area contributed by atoms with Crippen LogP contribution in [0.15, 0.2) is 66.2 Å². The average molecular weight is 539 g/mol. The SMILES string of the molecule is C=CC(=O)N1CCN(c2nc(N3CC(N(CC)CC)C3)nc3c(=O)n(-c4cccc5ccccc45)cnc23)CC1. The summed E-state index contributed by atoms with van der Waals surface area (Å²) in [6.07, 6.45) is 2.93. The lowest BCUT2D eigenvalue weighted by Gasteiger charge is -2.45. The van der Waals surface area contributed by atoms with Gasteiger partial charge in [-0.05, 0) is 30.6 Å². The maximum absolute atomic E-state index is 14.1. The molecular weight excluding hydrogens is 504 g/mol. The first kappa shape index (κ1) is 25.9. The van der Waals surface area contributed by atoms with Crippen LogP contribution in [0.1, 0.15) is 13.8 Å². The molecule has 4 heterocycles. The zero-order valence-corrected chi connectivity index (χ0v) is 23.0. The molecule has 10 heteroatoms. The number of rotatable bonds is 7. The zero-order chi connectivity index (χ0) is 27.8. The van der Waals surface area contributed by atoms with E-state index < -0.39 is 0 Å². The Hall–Kier alpha value is -4.31. The molecule has 40 heavy (non-hydrogen) atoms. The number of carbonyl (C=O) groups excluding carboxylic acids is 1. The van der Waals surface area contributed by atoms with Crippen LogP contribution in [-0.4, -0.2) is 93.6 Å². The van der Waals surface area contributed by atoms with Gasteiger partial charge in [0.1, 0.15) is 11.8 Å². The Morgan fingerprint density at radius 3 is 2.42 bits per heavy atom. The fraction of sp³-hybridized carbons (Fsp3) is 0.367. The molecule has 0 aliphatic carbocycles. The molecule has 2 aliphatic heterocycles. The van der Waals surface area contributed by atoms with Gasteiger partial charge in [0.15, 0.2) is 11.3 Å². The summed E-state index contributed by atoms with van der Waals surface area (Å²) in [5.74, 6) is 1.11. The van der Waals surface area contributed by atoms with Gasteiger partial charge in [0.05, 0.1) is 5.69 Å². The van der Waals surface area contributed by atoms with Crippen LogP contribution in [0.4, 0.5) is 11.8 Å². The van der Waals surface area contributed by atoms with E-state index in [-0.39, 0.29) is 11.5 Å². The van der Waals surface area contributed by atoms with Crippen LogP contribution in [-0.2, 0) is 4.79 Å². The number of hydrogen-bond donors (Lipinski definition) is 0. The zero-order valence-electron chi connectivity index (χ0n) is 23.0. The van der Waals surface area contributed by atoms with E-state index >= 15 is 0 Å². The molecule has 2 saturated heterocycles. The molecule has 0 unspecified atom stereocenters. The summed E-state index contributed by atoms with van der Waals surface area (Å²) >= 11 is 0. The Kier molecular flexibility index (Phi) is 6.93. The van der Waals surface area contributed by atoms with E-state index in [0.29, 0.717) is 55.0 Å². The largest absolute Gasteiger partial charge is 0.351 e. The lowest BCUT2D eigenvalue weighted by molar-refractivity contribution is -0.126. The highest BCUT2D eigenvalue weighted by molar-refractivity contribution is 5.91. The lowest BCUT2D eigenvalue weighted by Crippen LogP contribution is -2.60. The van der Waals surface area contributed by atoms with Crippen molar-refractivity contribution in [3.05, 3.63) is 71.8 Å². The van der Waals surface area contributed by atoms with Crippen molar-refractivity contribution in [1.29, 1.82) is 0 Å². The minimum Gasteiger partial charge on any atom is -0.351 e. The number of benzene rings is 2. The number of carbonyl (C=O) groups is 1. The van der Waals surface area contributed by atoms with Crippen molar-refractivity contribution >= 4 is 39.5 Å². The van der Waals surface area contributed by atoms with Crippen LogP contribution in [0.25, 0.3) is 27.5 Å². The van der Waals surface area contributed by atoms with Crippen LogP contribution in [0.3, 0.4) is 0 Å². The van der Waals surface area contributed by atoms with Crippen LogP contribution < -0.4 is 15.4 Å². The van der Waals surface area contributed by atoms with E-state index in [9.17, 15) is 9.59 Å². The molecule has 6 rings (SSSR count). The second-order valence-electron chi connectivity index (χ2n) is 10.3. The number of piperazine rings is 1. The second kappa shape index (κ2) is 10.7. The maximum atomic E-state index is 14.1. The lowest BCUT2D eigenvalue weighted by atomic mass is 10.1. The molecule has 2 aromatic carbocycles. The van der Waals surface area contributed by atoms with Gasteiger partial charge in [0, 0.05) is 50.7 Å². The summed E-state index contributed by atoms with van der Waals surface area (Å²) in [6, 6.07) is 14.3.